The maximum absolute atomic E-state index is 5.03. The number of hydrogen-bond acceptors (Lipinski definition) is 3. The van der Waals surface area contributed by atoms with Crippen LogP contribution in [-0.4, -0.2) is 50.3 Å². The molecule has 2 aliphatic rings. The molecule has 1 saturated carbocycles. The first kappa shape index (κ1) is 13.2. The Morgan fingerprint density at radius 2 is 1.87 bits per heavy atom. The Balaban J connectivity index is 0.00000112. The van der Waals surface area contributed by atoms with E-state index in [1.54, 1.807) is 7.11 Å². The van der Waals surface area contributed by atoms with Crippen molar-refractivity contribution in [3.63, 3.8) is 0 Å². The maximum atomic E-state index is 5.03. The van der Waals surface area contributed by atoms with Crippen LogP contribution in [0.2, 0.25) is 0 Å². The van der Waals surface area contributed by atoms with Crippen molar-refractivity contribution in [2.45, 2.75) is 37.8 Å². The summed E-state index contributed by atoms with van der Waals surface area (Å²) in [6, 6.07) is 1.69. The molecule has 1 aliphatic carbocycles. The lowest BCUT2D eigenvalue weighted by molar-refractivity contribution is 0.168. The molecular formula is C11H23ClN2O. The molecule has 0 unspecified atom stereocenters. The average molecular weight is 235 g/mol. The van der Waals surface area contributed by atoms with Gasteiger partial charge in [0.15, 0.2) is 0 Å². The molecule has 0 atom stereocenters. The van der Waals surface area contributed by atoms with Crippen molar-refractivity contribution >= 4 is 12.4 Å². The van der Waals surface area contributed by atoms with Gasteiger partial charge < -0.3 is 15.0 Å². The second-order valence-corrected chi connectivity index (χ2v) is 4.49. The molecule has 1 heterocycles. The Morgan fingerprint density at radius 3 is 2.40 bits per heavy atom. The highest BCUT2D eigenvalue weighted by Gasteiger charge is 2.31. The zero-order chi connectivity index (χ0) is 9.80. The minimum Gasteiger partial charge on any atom is -0.383 e. The van der Waals surface area contributed by atoms with E-state index < -0.39 is 0 Å². The summed E-state index contributed by atoms with van der Waals surface area (Å²) in [4.78, 5) is 2.66. The molecule has 0 spiro atoms. The first-order valence-corrected chi connectivity index (χ1v) is 5.86. The fraction of sp³-hybridized carbons (Fsp3) is 1.00. The molecule has 2 fully saturated rings. The van der Waals surface area contributed by atoms with Crippen LogP contribution in [0.3, 0.4) is 0 Å². The number of halogens is 1. The first-order chi connectivity index (χ1) is 6.90. The third-order valence-corrected chi connectivity index (χ3v) is 3.33. The van der Waals surface area contributed by atoms with Crippen molar-refractivity contribution in [2.75, 3.05) is 33.4 Å². The molecule has 0 radical (unpaired) electrons. The van der Waals surface area contributed by atoms with Crippen LogP contribution in [-0.2, 0) is 4.74 Å². The second kappa shape index (κ2) is 6.69. The molecular weight excluding hydrogens is 212 g/mol. The van der Waals surface area contributed by atoms with E-state index in [-0.39, 0.29) is 12.4 Å². The Morgan fingerprint density at radius 1 is 1.20 bits per heavy atom. The quantitative estimate of drug-likeness (QED) is 0.726. The Kier molecular flexibility index (Phi) is 5.90. The lowest BCUT2D eigenvalue weighted by Crippen LogP contribution is -2.44. The molecule has 0 aromatic heterocycles. The summed E-state index contributed by atoms with van der Waals surface area (Å²) in [5, 5.41) is 3.55. The van der Waals surface area contributed by atoms with Crippen LogP contribution in [0.1, 0.15) is 25.7 Å². The molecule has 0 aromatic rings. The Hall–Kier alpha value is 0.170. The molecule has 4 heteroatoms. The minimum atomic E-state index is 0. The molecule has 2 rings (SSSR count). The van der Waals surface area contributed by atoms with Crippen molar-refractivity contribution in [1.29, 1.82) is 0 Å². The summed E-state index contributed by atoms with van der Waals surface area (Å²) < 4.78 is 5.03. The topological polar surface area (TPSA) is 24.5 Å². The van der Waals surface area contributed by atoms with Gasteiger partial charge >= 0.3 is 0 Å². The average Bonchev–Trinajstić information content (AvgIpc) is 3.03. The van der Waals surface area contributed by atoms with Gasteiger partial charge in [-0.25, -0.2) is 0 Å². The zero-order valence-electron chi connectivity index (χ0n) is 9.58. The molecule has 1 saturated heterocycles. The number of piperidine rings is 1. The van der Waals surface area contributed by atoms with E-state index in [0.717, 1.165) is 25.2 Å². The highest BCUT2D eigenvalue weighted by atomic mass is 35.5. The van der Waals surface area contributed by atoms with Gasteiger partial charge in [-0.05, 0) is 38.8 Å². The smallest absolute Gasteiger partial charge is 0.0587 e. The predicted octanol–water partition coefficient (Wildman–Crippen LogP) is 1.27. The number of likely N-dealkylation sites (tertiary alicyclic amines) is 1. The van der Waals surface area contributed by atoms with E-state index in [2.05, 4.69) is 10.2 Å². The predicted molar refractivity (Wildman–Crippen MR) is 64.7 cm³/mol. The minimum absolute atomic E-state index is 0. The third kappa shape index (κ3) is 4.27. The molecule has 15 heavy (non-hydrogen) atoms. The van der Waals surface area contributed by atoms with Crippen LogP contribution in [0.25, 0.3) is 0 Å². The van der Waals surface area contributed by atoms with Crippen molar-refractivity contribution in [2.24, 2.45) is 0 Å². The van der Waals surface area contributed by atoms with Crippen molar-refractivity contribution in [3.8, 4) is 0 Å². The normalized spacial score (nSPS) is 23.8. The summed E-state index contributed by atoms with van der Waals surface area (Å²) in [5.41, 5.74) is 0. The second-order valence-electron chi connectivity index (χ2n) is 4.49. The van der Waals surface area contributed by atoms with E-state index in [1.165, 1.54) is 38.8 Å². The van der Waals surface area contributed by atoms with Gasteiger partial charge in [-0.1, -0.05) is 0 Å². The number of nitrogens with one attached hydrogen (secondary N) is 1. The fourth-order valence-corrected chi connectivity index (χ4v) is 2.27. The monoisotopic (exact) mass is 234 g/mol. The molecule has 0 bridgehead atoms. The molecule has 0 aromatic carbocycles. The Bertz CT molecular complexity index is 168. The van der Waals surface area contributed by atoms with Crippen LogP contribution in [0.15, 0.2) is 0 Å². The molecule has 1 N–H and O–H groups in total. The highest BCUT2D eigenvalue weighted by molar-refractivity contribution is 5.85. The molecule has 3 nitrogen and oxygen atoms in total. The zero-order valence-corrected chi connectivity index (χ0v) is 10.4. The van der Waals surface area contributed by atoms with Crippen LogP contribution in [0.5, 0.6) is 0 Å². The lowest BCUT2D eigenvalue weighted by atomic mass is 10.1. The van der Waals surface area contributed by atoms with Crippen molar-refractivity contribution in [1.82, 2.24) is 10.2 Å². The summed E-state index contributed by atoms with van der Waals surface area (Å²) in [6.07, 6.45) is 5.53. The first-order valence-electron chi connectivity index (χ1n) is 5.86. The van der Waals surface area contributed by atoms with Crippen LogP contribution < -0.4 is 5.32 Å². The van der Waals surface area contributed by atoms with E-state index in [4.69, 9.17) is 4.74 Å². The van der Waals surface area contributed by atoms with Crippen molar-refractivity contribution < 1.29 is 4.74 Å². The number of methoxy groups -OCH3 is 1. The summed E-state index contributed by atoms with van der Waals surface area (Å²) in [7, 11) is 1.76. The van der Waals surface area contributed by atoms with Gasteiger partial charge in [0.25, 0.3) is 0 Å². The van der Waals surface area contributed by atoms with Crippen LogP contribution >= 0.6 is 12.4 Å². The summed E-state index contributed by atoms with van der Waals surface area (Å²) in [6.45, 7) is 4.44. The van der Waals surface area contributed by atoms with Gasteiger partial charge in [-0.3, -0.25) is 0 Å². The van der Waals surface area contributed by atoms with Crippen molar-refractivity contribution in [3.05, 3.63) is 0 Å². The van der Waals surface area contributed by atoms with Gasteiger partial charge in [0, 0.05) is 25.7 Å². The van der Waals surface area contributed by atoms with Crippen LogP contribution in [0, 0.1) is 0 Å². The summed E-state index contributed by atoms with van der Waals surface area (Å²) in [5.74, 6) is 0. The number of nitrogens with zero attached hydrogens (tertiary/aromatic N) is 1. The van der Waals surface area contributed by atoms with E-state index in [0.29, 0.717) is 0 Å². The molecule has 90 valence electrons. The van der Waals surface area contributed by atoms with Gasteiger partial charge in [-0.15, -0.1) is 12.4 Å². The van der Waals surface area contributed by atoms with Crippen LogP contribution in [0.4, 0.5) is 0 Å². The van der Waals surface area contributed by atoms with Gasteiger partial charge in [0.1, 0.15) is 0 Å². The highest BCUT2D eigenvalue weighted by Crippen LogP contribution is 2.29. The standard InChI is InChI=1S/C11H22N2O.ClH/c1-14-9-6-12-10-4-7-13(8-5-10)11-2-3-11;/h10-12H,2-9H2,1H3;1H. The Labute approximate surface area is 99.0 Å². The number of hydrogen-bond donors (Lipinski definition) is 1. The number of rotatable bonds is 5. The van der Waals surface area contributed by atoms with E-state index in [1.807, 2.05) is 0 Å². The SMILES string of the molecule is COCCNC1CCN(C2CC2)CC1.Cl. The largest absolute Gasteiger partial charge is 0.383 e. The molecule has 1 aliphatic heterocycles. The lowest BCUT2D eigenvalue weighted by Gasteiger charge is -2.32. The van der Waals surface area contributed by atoms with E-state index in [9.17, 15) is 0 Å². The van der Waals surface area contributed by atoms with Gasteiger partial charge in [0.05, 0.1) is 6.61 Å². The maximum Gasteiger partial charge on any atom is 0.0587 e. The number of ether oxygens (including phenoxy) is 1. The van der Waals surface area contributed by atoms with Gasteiger partial charge in [0.2, 0.25) is 0 Å². The summed E-state index contributed by atoms with van der Waals surface area (Å²) >= 11 is 0. The molecule has 0 amide bonds. The van der Waals surface area contributed by atoms with E-state index >= 15 is 0 Å². The fourth-order valence-electron chi connectivity index (χ4n) is 2.27. The van der Waals surface area contributed by atoms with Gasteiger partial charge in [-0.2, -0.15) is 0 Å². The third-order valence-electron chi connectivity index (χ3n) is 3.33.